The van der Waals surface area contributed by atoms with E-state index in [0.717, 1.165) is 24.9 Å². The molecule has 0 radical (unpaired) electrons. The fourth-order valence-electron chi connectivity index (χ4n) is 2.27. The minimum absolute atomic E-state index is 0.434. The molecule has 2 N–H and O–H groups in total. The van der Waals surface area contributed by atoms with E-state index in [9.17, 15) is 5.11 Å². The molecular formula is C12H19NO2. The van der Waals surface area contributed by atoms with Gasteiger partial charge >= 0.3 is 0 Å². The molecule has 15 heavy (non-hydrogen) atoms. The fourth-order valence-corrected chi connectivity index (χ4v) is 2.27. The topological polar surface area (TPSA) is 45.4 Å². The van der Waals surface area contributed by atoms with Crippen molar-refractivity contribution in [1.29, 1.82) is 0 Å². The van der Waals surface area contributed by atoms with Crippen molar-refractivity contribution in [2.75, 3.05) is 6.54 Å². The second-order valence-corrected chi connectivity index (χ2v) is 4.64. The predicted molar refractivity (Wildman–Crippen MR) is 58.5 cm³/mol. The summed E-state index contributed by atoms with van der Waals surface area (Å²) in [6.45, 7) is 2.93. The number of rotatable bonds is 3. The van der Waals surface area contributed by atoms with Crippen LogP contribution in [-0.2, 0) is 5.60 Å². The monoisotopic (exact) mass is 209 g/mol. The molecule has 3 heteroatoms. The van der Waals surface area contributed by atoms with E-state index in [1.165, 1.54) is 12.8 Å². The third-order valence-corrected chi connectivity index (χ3v) is 3.20. The number of hydrogen-bond donors (Lipinski definition) is 2. The molecule has 2 heterocycles. The van der Waals surface area contributed by atoms with Gasteiger partial charge in [-0.15, -0.1) is 0 Å². The van der Waals surface area contributed by atoms with Gasteiger partial charge in [0.1, 0.15) is 0 Å². The molecule has 2 atom stereocenters. The minimum Gasteiger partial charge on any atom is -0.472 e. The molecule has 0 bridgehead atoms. The first-order chi connectivity index (χ1) is 7.18. The summed E-state index contributed by atoms with van der Waals surface area (Å²) in [6, 6.07) is 2.27. The van der Waals surface area contributed by atoms with Crippen molar-refractivity contribution >= 4 is 0 Å². The van der Waals surface area contributed by atoms with Gasteiger partial charge in [-0.25, -0.2) is 0 Å². The quantitative estimate of drug-likeness (QED) is 0.800. The van der Waals surface area contributed by atoms with Gasteiger partial charge < -0.3 is 14.8 Å². The summed E-state index contributed by atoms with van der Waals surface area (Å²) in [5, 5.41) is 13.8. The van der Waals surface area contributed by atoms with Crippen molar-refractivity contribution in [3.63, 3.8) is 0 Å². The third-order valence-electron chi connectivity index (χ3n) is 3.20. The zero-order valence-corrected chi connectivity index (χ0v) is 9.20. The maximum Gasteiger partial charge on any atom is 0.0963 e. The van der Waals surface area contributed by atoms with Crippen molar-refractivity contribution in [1.82, 2.24) is 5.32 Å². The molecular weight excluding hydrogens is 190 g/mol. The van der Waals surface area contributed by atoms with Crippen molar-refractivity contribution in [2.45, 2.75) is 44.2 Å². The average molecular weight is 209 g/mol. The lowest BCUT2D eigenvalue weighted by atomic mass is 9.88. The molecule has 3 nitrogen and oxygen atoms in total. The highest BCUT2D eigenvalue weighted by Crippen LogP contribution is 2.28. The summed E-state index contributed by atoms with van der Waals surface area (Å²) in [5.74, 6) is 0. The van der Waals surface area contributed by atoms with Crippen molar-refractivity contribution in [3.8, 4) is 0 Å². The van der Waals surface area contributed by atoms with Gasteiger partial charge in [0.15, 0.2) is 0 Å². The summed E-state index contributed by atoms with van der Waals surface area (Å²) < 4.78 is 5.01. The highest BCUT2D eigenvalue weighted by atomic mass is 16.3. The van der Waals surface area contributed by atoms with Crippen LogP contribution in [0.2, 0.25) is 0 Å². The molecule has 0 amide bonds. The first-order valence-electron chi connectivity index (χ1n) is 5.67. The van der Waals surface area contributed by atoms with Crippen LogP contribution in [-0.4, -0.2) is 17.7 Å². The molecule has 84 valence electrons. The van der Waals surface area contributed by atoms with Gasteiger partial charge in [-0.2, -0.15) is 0 Å². The lowest BCUT2D eigenvalue weighted by Crippen LogP contribution is -2.39. The van der Waals surface area contributed by atoms with Crippen molar-refractivity contribution < 1.29 is 9.52 Å². The predicted octanol–water partition coefficient (Wildman–Crippen LogP) is 2.02. The fraction of sp³-hybridized carbons (Fsp3) is 0.667. The highest BCUT2D eigenvalue weighted by Gasteiger charge is 2.28. The molecule has 0 spiro atoms. The smallest absolute Gasteiger partial charge is 0.0963 e. The molecule has 2 unspecified atom stereocenters. The highest BCUT2D eigenvalue weighted by molar-refractivity contribution is 5.15. The Kier molecular flexibility index (Phi) is 3.12. The number of hydrogen-bond acceptors (Lipinski definition) is 3. The molecule has 2 rings (SSSR count). The zero-order valence-electron chi connectivity index (χ0n) is 9.20. The van der Waals surface area contributed by atoms with E-state index >= 15 is 0 Å². The van der Waals surface area contributed by atoms with Gasteiger partial charge in [-0.3, -0.25) is 0 Å². The van der Waals surface area contributed by atoms with Crippen LogP contribution in [0.15, 0.2) is 23.0 Å². The number of aliphatic hydroxyl groups is 1. The summed E-state index contributed by atoms with van der Waals surface area (Å²) in [5.41, 5.74) is 0.0945. The molecule has 0 aromatic carbocycles. The lowest BCUT2D eigenvalue weighted by Gasteiger charge is -2.30. The van der Waals surface area contributed by atoms with E-state index < -0.39 is 5.60 Å². The molecule has 1 aromatic heterocycles. The molecule has 0 aliphatic carbocycles. The largest absolute Gasteiger partial charge is 0.472 e. The summed E-state index contributed by atoms with van der Waals surface area (Å²) in [6.07, 6.45) is 7.67. The molecule has 1 aliphatic heterocycles. The Balaban J connectivity index is 1.97. The Hall–Kier alpha value is -0.800. The van der Waals surface area contributed by atoms with Crippen molar-refractivity contribution in [3.05, 3.63) is 24.2 Å². The maximum atomic E-state index is 10.3. The number of furan rings is 1. The molecule has 1 fully saturated rings. The Morgan fingerprint density at radius 2 is 2.47 bits per heavy atom. The van der Waals surface area contributed by atoms with E-state index in [1.54, 1.807) is 12.5 Å². The van der Waals surface area contributed by atoms with Gasteiger partial charge in [0.25, 0.3) is 0 Å². The second-order valence-electron chi connectivity index (χ2n) is 4.64. The number of piperidine rings is 1. The van der Waals surface area contributed by atoms with Gasteiger partial charge in [0, 0.05) is 11.6 Å². The SMILES string of the molecule is CC(O)(CC1CCCCN1)c1ccoc1. The Labute approximate surface area is 90.5 Å². The Morgan fingerprint density at radius 3 is 3.07 bits per heavy atom. The molecule has 1 saturated heterocycles. The van der Waals surface area contributed by atoms with Crippen LogP contribution in [0, 0.1) is 0 Å². The normalized spacial score (nSPS) is 26.1. The van der Waals surface area contributed by atoms with Crippen LogP contribution in [0.25, 0.3) is 0 Å². The van der Waals surface area contributed by atoms with Gasteiger partial charge in [0.2, 0.25) is 0 Å². The summed E-state index contributed by atoms with van der Waals surface area (Å²) in [4.78, 5) is 0. The van der Waals surface area contributed by atoms with E-state index in [0.29, 0.717) is 6.04 Å². The lowest BCUT2D eigenvalue weighted by molar-refractivity contribution is 0.0327. The van der Waals surface area contributed by atoms with Crippen LogP contribution >= 0.6 is 0 Å². The first-order valence-corrected chi connectivity index (χ1v) is 5.67. The van der Waals surface area contributed by atoms with Crippen molar-refractivity contribution in [2.24, 2.45) is 0 Å². The van der Waals surface area contributed by atoms with Crippen LogP contribution in [0.1, 0.15) is 38.2 Å². The first kappa shape index (κ1) is 10.7. The van der Waals surface area contributed by atoms with Crippen LogP contribution in [0.4, 0.5) is 0 Å². The van der Waals surface area contributed by atoms with Gasteiger partial charge in [-0.05, 0) is 38.8 Å². The van der Waals surface area contributed by atoms with E-state index in [4.69, 9.17) is 4.42 Å². The van der Waals surface area contributed by atoms with Crippen LogP contribution < -0.4 is 5.32 Å². The average Bonchev–Trinajstić information content (AvgIpc) is 2.71. The van der Waals surface area contributed by atoms with E-state index in [1.807, 2.05) is 13.0 Å². The van der Waals surface area contributed by atoms with Crippen LogP contribution in [0.3, 0.4) is 0 Å². The summed E-state index contributed by atoms with van der Waals surface area (Å²) in [7, 11) is 0. The second kappa shape index (κ2) is 4.37. The zero-order chi connectivity index (χ0) is 10.7. The van der Waals surface area contributed by atoms with Crippen LogP contribution in [0.5, 0.6) is 0 Å². The molecule has 1 aromatic rings. The summed E-state index contributed by atoms with van der Waals surface area (Å²) >= 11 is 0. The maximum absolute atomic E-state index is 10.3. The van der Waals surface area contributed by atoms with Gasteiger partial charge in [-0.1, -0.05) is 6.42 Å². The van der Waals surface area contributed by atoms with E-state index in [-0.39, 0.29) is 0 Å². The Bertz CT molecular complexity index is 287. The third kappa shape index (κ3) is 2.61. The minimum atomic E-state index is -0.776. The Morgan fingerprint density at radius 1 is 1.60 bits per heavy atom. The number of nitrogens with one attached hydrogen (secondary N) is 1. The molecule has 1 aliphatic rings. The standard InChI is InChI=1S/C12H19NO2/c1-12(14,10-5-7-15-9-10)8-11-4-2-3-6-13-11/h5,7,9,11,13-14H,2-4,6,8H2,1H3. The molecule has 0 saturated carbocycles. The van der Waals surface area contributed by atoms with Gasteiger partial charge in [0.05, 0.1) is 18.1 Å². The van der Waals surface area contributed by atoms with E-state index in [2.05, 4.69) is 5.32 Å².